The van der Waals surface area contributed by atoms with Crippen LogP contribution < -0.4 is 5.32 Å². The van der Waals surface area contributed by atoms with Gasteiger partial charge in [0.15, 0.2) is 0 Å². The Kier molecular flexibility index (Phi) is 3.17. The Morgan fingerprint density at radius 2 is 2.12 bits per heavy atom. The number of hydrogen-bond donors (Lipinski definition) is 1. The molecule has 0 spiro atoms. The molecular weight excluding hydrogens is 230 g/mol. The van der Waals surface area contributed by atoms with Crippen molar-refractivity contribution in [2.24, 2.45) is 11.8 Å². The van der Waals surface area contributed by atoms with Gasteiger partial charge in [0.1, 0.15) is 10.0 Å². The van der Waals surface area contributed by atoms with Gasteiger partial charge < -0.3 is 5.32 Å². The maximum atomic E-state index is 4.42. The lowest BCUT2D eigenvalue weighted by molar-refractivity contribution is 0.563. The van der Waals surface area contributed by atoms with Gasteiger partial charge in [-0.3, -0.25) is 0 Å². The summed E-state index contributed by atoms with van der Waals surface area (Å²) in [7, 11) is 0. The molecule has 0 aliphatic heterocycles. The van der Waals surface area contributed by atoms with Gasteiger partial charge in [-0.05, 0) is 44.6 Å². The summed E-state index contributed by atoms with van der Waals surface area (Å²) in [5, 5.41) is 14.7. The molecule has 1 aromatic heterocycles. The molecule has 2 aliphatic carbocycles. The number of rotatable bonds is 5. The molecule has 2 aliphatic rings. The molecule has 94 valence electrons. The number of hydrogen-bond acceptors (Lipinski definition) is 4. The molecule has 17 heavy (non-hydrogen) atoms. The van der Waals surface area contributed by atoms with Gasteiger partial charge in [-0.25, -0.2) is 0 Å². The topological polar surface area (TPSA) is 37.8 Å². The number of nitrogens with zero attached hydrogens (tertiary/aromatic N) is 2. The maximum absolute atomic E-state index is 4.42. The molecule has 0 amide bonds. The van der Waals surface area contributed by atoms with Crippen molar-refractivity contribution in [3.8, 4) is 0 Å². The first-order valence-electron chi connectivity index (χ1n) is 6.88. The third-order valence-corrected chi connectivity index (χ3v) is 5.43. The van der Waals surface area contributed by atoms with Crippen molar-refractivity contribution in [1.29, 1.82) is 0 Å². The molecule has 1 heterocycles. The van der Waals surface area contributed by atoms with E-state index >= 15 is 0 Å². The Bertz CT molecular complexity index is 380. The minimum atomic E-state index is 0.361. The van der Waals surface area contributed by atoms with E-state index in [1.54, 1.807) is 0 Å². The van der Waals surface area contributed by atoms with Crippen LogP contribution >= 0.6 is 11.3 Å². The van der Waals surface area contributed by atoms with Crippen LogP contribution in [0, 0.1) is 11.8 Å². The van der Waals surface area contributed by atoms with Gasteiger partial charge in [-0.1, -0.05) is 24.7 Å². The van der Waals surface area contributed by atoms with Crippen LogP contribution in [0.4, 0.5) is 0 Å². The van der Waals surface area contributed by atoms with E-state index in [2.05, 4.69) is 29.4 Å². The molecule has 1 aromatic rings. The zero-order valence-corrected chi connectivity index (χ0v) is 11.5. The van der Waals surface area contributed by atoms with E-state index in [1.165, 1.54) is 35.7 Å². The van der Waals surface area contributed by atoms with Gasteiger partial charge in [0.25, 0.3) is 0 Å². The standard InChI is InChI=1S/C13H21N3S/c1-3-7-14-8(2)12-15-16-13(17-12)11-9-5-4-6-10(9)11/h8-11,14H,3-7H2,1-2H3. The quantitative estimate of drug-likeness (QED) is 0.873. The van der Waals surface area contributed by atoms with Crippen molar-refractivity contribution in [3.05, 3.63) is 10.0 Å². The first kappa shape index (κ1) is 11.6. The molecule has 2 saturated carbocycles. The SMILES string of the molecule is CCCNC(C)c1nnc(C2C3CCCC32)s1. The van der Waals surface area contributed by atoms with Crippen LogP contribution in [0.3, 0.4) is 0 Å². The Hall–Kier alpha value is -0.480. The van der Waals surface area contributed by atoms with Gasteiger partial charge in [0.05, 0.1) is 6.04 Å². The van der Waals surface area contributed by atoms with Crippen molar-refractivity contribution in [2.75, 3.05) is 6.54 Å². The van der Waals surface area contributed by atoms with E-state index in [1.807, 2.05) is 11.3 Å². The van der Waals surface area contributed by atoms with Gasteiger partial charge in [-0.2, -0.15) is 0 Å². The Labute approximate surface area is 107 Å². The van der Waals surface area contributed by atoms with Crippen LogP contribution in [0.1, 0.15) is 61.5 Å². The van der Waals surface area contributed by atoms with Gasteiger partial charge in [-0.15, -0.1) is 10.2 Å². The fourth-order valence-electron chi connectivity index (χ4n) is 3.19. The average Bonchev–Trinajstić information content (AvgIpc) is 2.80. The number of aromatic nitrogens is 2. The van der Waals surface area contributed by atoms with E-state index in [0.717, 1.165) is 24.3 Å². The summed E-state index contributed by atoms with van der Waals surface area (Å²) in [4.78, 5) is 0. The van der Waals surface area contributed by atoms with E-state index in [0.29, 0.717) is 6.04 Å². The summed E-state index contributed by atoms with van der Waals surface area (Å²) >= 11 is 1.83. The second-order valence-electron chi connectivity index (χ2n) is 5.44. The van der Waals surface area contributed by atoms with Crippen molar-refractivity contribution in [2.45, 2.75) is 51.5 Å². The lowest BCUT2D eigenvalue weighted by atomic mass is 10.1. The predicted molar refractivity (Wildman–Crippen MR) is 70.2 cm³/mol. The fourth-order valence-corrected chi connectivity index (χ4v) is 4.32. The van der Waals surface area contributed by atoms with Crippen molar-refractivity contribution >= 4 is 11.3 Å². The summed E-state index contributed by atoms with van der Waals surface area (Å²) < 4.78 is 0. The van der Waals surface area contributed by atoms with Gasteiger partial charge >= 0.3 is 0 Å². The zero-order chi connectivity index (χ0) is 11.8. The molecule has 2 fully saturated rings. The van der Waals surface area contributed by atoms with Gasteiger partial charge in [0.2, 0.25) is 0 Å². The van der Waals surface area contributed by atoms with Crippen LogP contribution in [0.2, 0.25) is 0 Å². The number of fused-ring (bicyclic) bond motifs is 1. The maximum Gasteiger partial charge on any atom is 0.134 e. The molecule has 3 unspecified atom stereocenters. The minimum absolute atomic E-state index is 0.361. The second kappa shape index (κ2) is 4.65. The zero-order valence-electron chi connectivity index (χ0n) is 10.6. The summed E-state index contributed by atoms with van der Waals surface area (Å²) in [5.74, 6) is 2.68. The number of nitrogens with one attached hydrogen (secondary N) is 1. The predicted octanol–water partition coefficient (Wildman–Crippen LogP) is 3.11. The highest BCUT2D eigenvalue weighted by molar-refractivity contribution is 7.11. The van der Waals surface area contributed by atoms with E-state index < -0.39 is 0 Å². The molecule has 4 heteroatoms. The van der Waals surface area contributed by atoms with Crippen LogP contribution in [-0.2, 0) is 0 Å². The first-order chi connectivity index (χ1) is 8.31. The van der Waals surface area contributed by atoms with Gasteiger partial charge in [0, 0.05) is 5.92 Å². The summed E-state index contributed by atoms with van der Waals surface area (Å²) in [5.41, 5.74) is 0. The normalized spacial score (nSPS) is 32.5. The molecule has 0 bridgehead atoms. The molecule has 3 atom stereocenters. The fraction of sp³-hybridized carbons (Fsp3) is 0.846. The van der Waals surface area contributed by atoms with Crippen molar-refractivity contribution < 1.29 is 0 Å². The monoisotopic (exact) mass is 251 g/mol. The molecule has 0 radical (unpaired) electrons. The average molecular weight is 251 g/mol. The van der Waals surface area contributed by atoms with Crippen LogP contribution in [0.15, 0.2) is 0 Å². The summed E-state index contributed by atoms with van der Waals surface area (Å²) in [6.07, 6.45) is 5.45. The summed E-state index contributed by atoms with van der Waals surface area (Å²) in [6.45, 7) is 5.44. The van der Waals surface area contributed by atoms with Crippen LogP contribution in [-0.4, -0.2) is 16.7 Å². The highest BCUT2D eigenvalue weighted by atomic mass is 32.1. The van der Waals surface area contributed by atoms with E-state index in [9.17, 15) is 0 Å². The summed E-state index contributed by atoms with van der Waals surface area (Å²) in [6, 6.07) is 0.361. The molecule has 1 N–H and O–H groups in total. The van der Waals surface area contributed by atoms with Crippen molar-refractivity contribution in [1.82, 2.24) is 15.5 Å². The Balaban J connectivity index is 1.63. The third kappa shape index (κ3) is 2.13. The third-order valence-electron chi connectivity index (χ3n) is 4.22. The highest BCUT2D eigenvalue weighted by Gasteiger charge is 2.54. The first-order valence-corrected chi connectivity index (χ1v) is 7.69. The largest absolute Gasteiger partial charge is 0.308 e. The minimum Gasteiger partial charge on any atom is -0.308 e. The molecule has 3 nitrogen and oxygen atoms in total. The Morgan fingerprint density at radius 1 is 1.35 bits per heavy atom. The van der Waals surface area contributed by atoms with Crippen LogP contribution in [0.5, 0.6) is 0 Å². The highest BCUT2D eigenvalue weighted by Crippen LogP contribution is 2.63. The molecular formula is C13H21N3S. The second-order valence-corrected chi connectivity index (χ2v) is 6.48. The molecule has 3 rings (SSSR count). The van der Waals surface area contributed by atoms with E-state index in [-0.39, 0.29) is 0 Å². The lowest BCUT2D eigenvalue weighted by Crippen LogP contribution is -2.18. The van der Waals surface area contributed by atoms with Crippen LogP contribution in [0.25, 0.3) is 0 Å². The molecule has 0 saturated heterocycles. The van der Waals surface area contributed by atoms with Crippen molar-refractivity contribution in [3.63, 3.8) is 0 Å². The molecule has 0 aromatic carbocycles. The lowest BCUT2D eigenvalue weighted by Gasteiger charge is -2.08. The van der Waals surface area contributed by atoms with E-state index in [4.69, 9.17) is 0 Å². The Morgan fingerprint density at radius 3 is 2.82 bits per heavy atom. The smallest absolute Gasteiger partial charge is 0.134 e.